The highest BCUT2D eigenvalue weighted by Crippen LogP contribution is 2.11. The Morgan fingerprint density at radius 2 is 1.69 bits per heavy atom. The molecule has 0 amide bonds. The van der Waals surface area contributed by atoms with Crippen molar-refractivity contribution in [2.24, 2.45) is 0 Å². The van der Waals surface area contributed by atoms with Crippen LogP contribution in [-0.2, 0) is 0 Å². The van der Waals surface area contributed by atoms with Crippen molar-refractivity contribution in [3.8, 4) is 0 Å². The number of halogens is 1. The molecule has 0 bridgehead atoms. The third-order valence-electron chi connectivity index (χ3n) is 2.06. The van der Waals surface area contributed by atoms with Crippen molar-refractivity contribution in [3.05, 3.63) is 18.5 Å². The lowest BCUT2D eigenvalue weighted by atomic mass is 10.4. The maximum absolute atomic E-state index is 4.21. The fourth-order valence-electron chi connectivity index (χ4n) is 1.34. The molecule has 0 atom stereocenters. The Balaban J connectivity index is 2.03. The Labute approximate surface area is 85.9 Å². The van der Waals surface area contributed by atoms with Crippen molar-refractivity contribution in [1.82, 2.24) is 13.9 Å². The van der Waals surface area contributed by atoms with E-state index in [1.807, 2.05) is 6.07 Å². The van der Waals surface area contributed by atoms with Gasteiger partial charge in [-0.25, -0.2) is 13.9 Å². The van der Waals surface area contributed by atoms with Gasteiger partial charge in [-0.3, -0.25) is 0 Å². The number of aromatic nitrogens is 2. The molecule has 0 aliphatic carbocycles. The molecule has 0 radical (unpaired) electrons. The van der Waals surface area contributed by atoms with Gasteiger partial charge in [0.05, 0.1) is 0 Å². The van der Waals surface area contributed by atoms with Gasteiger partial charge in [0.1, 0.15) is 0 Å². The molecule has 4 nitrogen and oxygen atoms in total. The molecular weight excluding hydrogens is 232 g/mol. The van der Waals surface area contributed by atoms with E-state index in [2.05, 4.69) is 34.9 Å². The lowest BCUT2D eigenvalue weighted by Gasteiger charge is -2.30. The number of hydrogen-bond donors (Lipinski definition) is 0. The lowest BCUT2D eigenvalue weighted by molar-refractivity contribution is 0.439. The molecular formula is C8H11BrN4. The molecule has 0 unspecified atom stereocenters. The molecule has 1 aromatic heterocycles. The summed E-state index contributed by atoms with van der Waals surface area (Å²) in [5.41, 5.74) is 0. The lowest BCUT2D eigenvalue weighted by Crippen LogP contribution is -2.42. The minimum Gasteiger partial charge on any atom is -0.338 e. The molecule has 2 rings (SSSR count). The van der Waals surface area contributed by atoms with Gasteiger partial charge in [0.15, 0.2) is 0 Å². The molecule has 1 fully saturated rings. The van der Waals surface area contributed by atoms with Crippen molar-refractivity contribution in [3.63, 3.8) is 0 Å². The second kappa shape index (κ2) is 4.02. The summed E-state index contributed by atoms with van der Waals surface area (Å²) in [6.07, 6.45) is 3.56. The average molecular weight is 243 g/mol. The monoisotopic (exact) mass is 242 g/mol. The van der Waals surface area contributed by atoms with Crippen molar-refractivity contribution >= 4 is 22.1 Å². The maximum atomic E-state index is 4.21. The van der Waals surface area contributed by atoms with Gasteiger partial charge in [-0.1, -0.05) is 0 Å². The average Bonchev–Trinajstić information content (AvgIpc) is 2.20. The fourth-order valence-corrected chi connectivity index (χ4v) is 1.65. The molecule has 5 heteroatoms. The molecule has 1 aromatic rings. The summed E-state index contributed by atoms with van der Waals surface area (Å²) in [6, 6.07) is 1.84. The van der Waals surface area contributed by atoms with Crippen molar-refractivity contribution in [2.45, 2.75) is 0 Å². The van der Waals surface area contributed by atoms with E-state index >= 15 is 0 Å². The van der Waals surface area contributed by atoms with Gasteiger partial charge in [0, 0.05) is 54.7 Å². The molecule has 2 heterocycles. The Morgan fingerprint density at radius 3 is 2.31 bits per heavy atom. The van der Waals surface area contributed by atoms with E-state index in [-0.39, 0.29) is 0 Å². The van der Waals surface area contributed by atoms with Crippen molar-refractivity contribution < 1.29 is 0 Å². The van der Waals surface area contributed by atoms with Gasteiger partial charge in [-0.15, -0.1) is 0 Å². The zero-order valence-corrected chi connectivity index (χ0v) is 8.81. The second-order valence-electron chi connectivity index (χ2n) is 2.95. The predicted octanol–water partition coefficient (Wildman–Crippen LogP) is 0.908. The molecule has 70 valence electrons. The summed E-state index contributed by atoms with van der Waals surface area (Å²) in [5, 5.41) is 0. The zero-order chi connectivity index (χ0) is 9.10. The SMILES string of the molecule is BrN1CCN(c2ncccn2)CC1. The molecule has 0 saturated carbocycles. The van der Waals surface area contributed by atoms with E-state index in [0.29, 0.717) is 0 Å². The smallest absolute Gasteiger partial charge is 0.225 e. The summed E-state index contributed by atoms with van der Waals surface area (Å²) in [5.74, 6) is 0.836. The first kappa shape index (κ1) is 8.90. The van der Waals surface area contributed by atoms with Gasteiger partial charge in [-0.2, -0.15) is 0 Å². The highest BCUT2D eigenvalue weighted by Gasteiger charge is 2.16. The second-order valence-corrected chi connectivity index (χ2v) is 3.95. The Bertz CT molecular complexity index is 258. The normalized spacial score (nSPS) is 19.0. The largest absolute Gasteiger partial charge is 0.338 e. The van der Waals surface area contributed by atoms with Crippen LogP contribution < -0.4 is 4.90 Å². The number of anilines is 1. The van der Waals surface area contributed by atoms with Gasteiger partial charge in [0.25, 0.3) is 0 Å². The predicted molar refractivity (Wildman–Crippen MR) is 54.7 cm³/mol. The minimum atomic E-state index is 0.836. The molecule has 1 aliphatic heterocycles. The fraction of sp³-hybridized carbons (Fsp3) is 0.500. The molecule has 1 saturated heterocycles. The quantitative estimate of drug-likeness (QED) is 0.686. The van der Waals surface area contributed by atoms with Crippen molar-refractivity contribution in [2.75, 3.05) is 31.1 Å². The highest BCUT2D eigenvalue weighted by molar-refractivity contribution is 9.07. The minimum absolute atomic E-state index is 0.836. The highest BCUT2D eigenvalue weighted by atomic mass is 79.9. The number of hydrogen-bond acceptors (Lipinski definition) is 4. The summed E-state index contributed by atoms with van der Waals surface area (Å²) < 4.78 is 2.13. The van der Waals surface area contributed by atoms with Crippen LogP contribution in [0.25, 0.3) is 0 Å². The number of nitrogens with zero attached hydrogens (tertiary/aromatic N) is 4. The summed E-state index contributed by atoms with van der Waals surface area (Å²) in [7, 11) is 0. The van der Waals surface area contributed by atoms with Crippen LogP contribution in [0.15, 0.2) is 18.5 Å². The maximum Gasteiger partial charge on any atom is 0.225 e. The zero-order valence-electron chi connectivity index (χ0n) is 7.23. The van der Waals surface area contributed by atoms with Crippen LogP contribution in [-0.4, -0.2) is 40.1 Å². The van der Waals surface area contributed by atoms with Crippen LogP contribution in [0.4, 0.5) is 5.95 Å². The van der Waals surface area contributed by atoms with E-state index in [0.717, 1.165) is 32.1 Å². The van der Waals surface area contributed by atoms with E-state index in [4.69, 9.17) is 0 Å². The van der Waals surface area contributed by atoms with Gasteiger partial charge < -0.3 is 4.90 Å². The van der Waals surface area contributed by atoms with Gasteiger partial charge in [-0.05, 0) is 6.07 Å². The van der Waals surface area contributed by atoms with Gasteiger partial charge in [0.2, 0.25) is 5.95 Å². The summed E-state index contributed by atoms with van der Waals surface area (Å²) in [4.78, 5) is 10.6. The molecule has 13 heavy (non-hydrogen) atoms. The Hall–Kier alpha value is -0.680. The molecule has 0 aromatic carbocycles. The van der Waals surface area contributed by atoms with Crippen LogP contribution in [0.2, 0.25) is 0 Å². The third kappa shape index (κ3) is 2.16. The van der Waals surface area contributed by atoms with Crippen LogP contribution in [0.1, 0.15) is 0 Å². The van der Waals surface area contributed by atoms with Crippen LogP contribution in [0.5, 0.6) is 0 Å². The summed E-state index contributed by atoms with van der Waals surface area (Å²) in [6.45, 7) is 3.99. The first-order valence-corrected chi connectivity index (χ1v) is 5.00. The van der Waals surface area contributed by atoms with Gasteiger partial charge >= 0.3 is 0 Å². The number of piperazine rings is 1. The van der Waals surface area contributed by atoms with E-state index in [1.165, 1.54) is 0 Å². The Kier molecular flexibility index (Phi) is 2.75. The standard InChI is InChI=1S/C8H11BrN4/c9-13-6-4-12(5-7-13)8-10-2-1-3-11-8/h1-3H,4-7H2. The topological polar surface area (TPSA) is 32.3 Å². The summed E-state index contributed by atoms with van der Waals surface area (Å²) >= 11 is 3.45. The molecule has 1 aliphatic rings. The van der Waals surface area contributed by atoms with E-state index in [9.17, 15) is 0 Å². The molecule has 0 spiro atoms. The van der Waals surface area contributed by atoms with E-state index in [1.54, 1.807) is 12.4 Å². The molecule has 0 N–H and O–H groups in total. The third-order valence-corrected chi connectivity index (χ3v) is 2.77. The van der Waals surface area contributed by atoms with E-state index < -0.39 is 0 Å². The Morgan fingerprint density at radius 1 is 1.08 bits per heavy atom. The first-order valence-electron chi connectivity index (χ1n) is 4.29. The first-order chi connectivity index (χ1) is 6.36. The van der Waals surface area contributed by atoms with Crippen LogP contribution in [0, 0.1) is 0 Å². The number of rotatable bonds is 1. The van der Waals surface area contributed by atoms with Crippen LogP contribution in [0.3, 0.4) is 0 Å². The van der Waals surface area contributed by atoms with Crippen LogP contribution >= 0.6 is 16.1 Å². The van der Waals surface area contributed by atoms with Crippen molar-refractivity contribution in [1.29, 1.82) is 0 Å².